The van der Waals surface area contributed by atoms with Gasteiger partial charge >= 0.3 is 12.6 Å². The Morgan fingerprint density at radius 1 is 1.00 bits per heavy atom. The van der Waals surface area contributed by atoms with Crippen LogP contribution >= 0.6 is 0 Å². The van der Waals surface area contributed by atoms with E-state index in [1.54, 1.807) is 26.2 Å². The molecule has 4 rings (SSSR count). The SMILES string of the molecule is COc1nc(C)c(N2CCCn3c2nc2c(OC)ccc(C(C)OC(F)F)c23)c(C)n1. The second kappa shape index (κ2) is 8.26. The first-order valence-corrected chi connectivity index (χ1v) is 10.0. The monoisotopic (exact) mass is 433 g/mol. The molecule has 1 atom stereocenters. The van der Waals surface area contributed by atoms with Gasteiger partial charge < -0.3 is 23.7 Å². The lowest BCUT2D eigenvalue weighted by Crippen LogP contribution is -2.30. The molecule has 1 unspecified atom stereocenters. The molecule has 10 heteroatoms. The van der Waals surface area contributed by atoms with E-state index in [0.717, 1.165) is 35.6 Å². The van der Waals surface area contributed by atoms with Crippen LogP contribution in [0.2, 0.25) is 0 Å². The fraction of sp³-hybridized carbons (Fsp3) is 0.476. The van der Waals surface area contributed by atoms with Crippen LogP contribution in [0.5, 0.6) is 11.8 Å². The first-order chi connectivity index (χ1) is 14.8. The normalized spacial score (nSPS) is 14.8. The molecule has 0 aliphatic carbocycles. The quantitative estimate of drug-likeness (QED) is 0.574. The number of ether oxygens (including phenoxy) is 3. The lowest BCUT2D eigenvalue weighted by molar-refractivity contribution is -0.159. The van der Waals surface area contributed by atoms with Crippen molar-refractivity contribution in [2.24, 2.45) is 0 Å². The van der Waals surface area contributed by atoms with Gasteiger partial charge in [-0.1, -0.05) is 6.07 Å². The van der Waals surface area contributed by atoms with Crippen molar-refractivity contribution in [2.75, 3.05) is 25.7 Å². The summed E-state index contributed by atoms with van der Waals surface area (Å²) < 4.78 is 43.4. The third-order valence-corrected chi connectivity index (χ3v) is 5.50. The standard InChI is InChI=1S/C21H25F2N5O3/c1-11-17(12(2)25-20(24-11)30-5)27-9-6-10-28-18-14(13(3)31-19(22)23)7-8-15(29-4)16(18)26-21(27)28/h7-8,13,19H,6,9-10H2,1-5H3. The molecule has 0 saturated carbocycles. The number of benzene rings is 1. The highest BCUT2D eigenvalue weighted by Gasteiger charge is 2.30. The van der Waals surface area contributed by atoms with Gasteiger partial charge in [0.05, 0.1) is 42.9 Å². The summed E-state index contributed by atoms with van der Waals surface area (Å²) in [7, 11) is 3.10. The highest BCUT2D eigenvalue weighted by molar-refractivity contribution is 5.89. The van der Waals surface area contributed by atoms with Crippen LogP contribution < -0.4 is 14.4 Å². The van der Waals surface area contributed by atoms with E-state index in [0.29, 0.717) is 35.3 Å². The predicted octanol–water partition coefficient (Wildman–Crippen LogP) is 4.30. The topological polar surface area (TPSA) is 74.5 Å². The number of nitrogens with zero attached hydrogens (tertiary/aromatic N) is 5. The van der Waals surface area contributed by atoms with E-state index >= 15 is 0 Å². The minimum atomic E-state index is -2.87. The molecular weight excluding hydrogens is 408 g/mol. The van der Waals surface area contributed by atoms with E-state index in [4.69, 9.17) is 19.2 Å². The van der Waals surface area contributed by atoms with E-state index in [-0.39, 0.29) is 0 Å². The number of methoxy groups -OCH3 is 2. The van der Waals surface area contributed by atoms with Gasteiger partial charge in [-0.15, -0.1) is 0 Å². The number of aromatic nitrogens is 4. The second-order valence-corrected chi connectivity index (χ2v) is 7.39. The molecule has 1 aromatic carbocycles. The second-order valence-electron chi connectivity index (χ2n) is 7.39. The number of imidazole rings is 1. The van der Waals surface area contributed by atoms with Crippen LogP contribution in [0, 0.1) is 13.8 Å². The maximum absolute atomic E-state index is 12.9. The first kappa shape index (κ1) is 21.2. The van der Waals surface area contributed by atoms with Crippen LogP contribution in [-0.4, -0.2) is 46.9 Å². The number of aryl methyl sites for hydroxylation is 3. The van der Waals surface area contributed by atoms with Crippen molar-refractivity contribution < 1.29 is 23.0 Å². The Balaban J connectivity index is 1.92. The van der Waals surface area contributed by atoms with E-state index in [1.807, 2.05) is 18.4 Å². The maximum Gasteiger partial charge on any atom is 0.345 e. The molecule has 166 valence electrons. The fourth-order valence-corrected chi connectivity index (χ4v) is 4.23. The lowest BCUT2D eigenvalue weighted by atomic mass is 10.1. The first-order valence-electron chi connectivity index (χ1n) is 10.0. The van der Waals surface area contributed by atoms with Crippen LogP contribution in [0.3, 0.4) is 0 Å². The van der Waals surface area contributed by atoms with Crippen molar-refractivity contribution in [2.45, 2.75) is 46.5 Å². The Bertz CT molecular complexity index is 1100. The molecule has 0 radical (unpaired) electrons. The van der Waals surface area contributed by atoms with Gasteiger partial charge in [0.2, 0.25) is 5.95 Å². The number of alkyl halides is 2. The van der Waals surface area contributed by atoms with Crippen molar-refractivity contribution in [3.63, 3.8) is 0 Å². The van der Waals surface area contributed by atoms with Crippen LogP contribution in [0.25, 0.3) is 11.0 Å². The van der Waals surface area contributed by atoms with E-state index < -0.39 is 12.7 Å². The summed E-state index contributed by atoms with van der Waals surface area (Å²) in [5.74, 6) is 1.26. The maximum atomic E-state index is 12.9. The summed E-state index contributed by atoms with van der Waals surface area (Å²) in [5, 5.41) is 0. The van der Waals surface area contributed by atoms with E-state index in [9.17, 15) is 8.78 Å². The number of hydrogen-bond donors (Lipinski definition) is 0. The Morgan fingerprint density at radius 2 is 1.71 bits per heavy atom. The molecule has 1 aliphatic rings. The molecule has 8 nitrogen and oxygen atoms in total. The highest BCUT2D eigenvalue weighted by Crippen LogP contribution is 2.40. The molecule has 2 aromatic heterocycles. The molecule has 3 aromatic rings. The minimum absolute atomic E-state index is 0.311. The zero-order chi connectivity index (χ0) is 22.3. The minimum Gasteiger partial charge on any atom is -0.494 e. The van der Waals surface area contributed by atoms with Crippen molar-refractivity contribution in [3.8, 4) is 11.8 Å². The molecule has 3 heterocycles. The Hall–Kier alpha value is -3.01. The summed E-state index contributed by atoms with van der Waals surface area (Å²) in [6.07, 6.45) is 0.0294. The van der Waals surface area contributed by atoms with Crippen molar-refractivity contribution in [1.29, 1.82) is 0 Å². The predicted molar refractivity (Wildman–Crippen MR) is 111 cm³/mol. The van der Waals surface area contributed by atoms with Gasteiger partial charge in [0.25, 0.3) is 0 Å². The van der Waals surface area contributed by atoms with Crippen molar-refractivity contribution >= 4 is 22.7 Å². The molecule has 0 N–H and O–H groups in total. The van der Waals surface area contributed by atoms with Gasteiger partial charge in [-0.3, -0.25) is 0 Å². The molecule has 0 fully saturated rings. The Morgan fingerprint density at radius 3 is 2.32 bits per heavy atom. The third kappa shape index (κ3) is 3.65. The third-order valence-electron chi connectivity index (χ3n) is 5.50. The molecule has 0 spiro atoms. The number of fused-ring (bicyclic) bond motifs is 3. The molecule has 1 aliphatic heterocycles. The number of anilines is 2. The summed E-state index contributed by atoms with van der Waals surface area (Å²) >= 11 is 0. The van der Waals surface area contributed by atoms with Gasteiger partial charge in [0.15, 0.2) is 0 Å². The van der Waals surface area contributed by atoms with Crippen molar-refractivity contribution in [1.82, 2.24) is 19.5 Å². The van der Waals surface area contributed by atoms with Crippen LogP contribution in [0.15, 0.2) is 12.1 Å². The van der Waals surface area contributed by atoms with E-state index in [2.05, 4.69) is 14.9 Å². The molecule has 0 bridgehead atoms. The van der Waals surface area contributed by atoms with Gasteiger partial charge in [-0.2, -0.15) is 18.7 Å². The summed E-state index contributed by atoms with van der Waals surface area (Å²) in [5.41, 5.74) is 4.37. The summed E-state index contributed by atoms with van der Waals surface area (Å²) in [6, 6.07) is 3.81. The number of halogens is 2. The van der Waals surface area contributed by atoms with Gasteiger partial charge in [0, 0.05) is 18.7 Å². The van der Waals surface area contributed by atoms with Crippen LogP contribution in [0.4, 0.5) is 20.4 Å². The fourth-order valence-electron chi connectivity index (χ4n) is 4.23. The highest BCUT2D eigenvalue weighted by atomic mass is 19.3. The number of rotatable bonds is 6. The zero-order valence-corrected chi connectivity index (χ0v) is 18.1. The van der Waals surface area contributed by atoms with Crippen molar-refractivity contribution in [3.05, 3.63) is 29.1 Å². The van der Waals surface area contributed by atoms with Gasteiger partial charge in [-0.05, 0) is 33.3 Å². The number of hydrogen-bond acceptors (Lipinski definition) is 7. The van der Waals surface area contributed by atoms with Gasteiger partial charge in [-0.25, -0.2) is 4.98 Å². The van der Waals surface area contributed by atoms with Crippen LogP contribution in [-0.2, 0) is 11.3 Å². The molecule has 0 saturated heterocycles. The molecular formula is C21H25F2N5O3. The average Bonchev–Trinajstić information content (AvgIpc) is 3.12. The Labute approximate surface area is 178 Å². The average molecular weight is 433 g/mol. The molecule has 0 amide bonds. The lowest BCUT2D eigenvalue weighted by Gasteiger charge is -2.31. The zero-order valence-electron chi connectivity index (χ0n) is 18.1. The smallest absolute Gasteiger partial charge is 0.345 e. The summed E-state index contributed by atoms with van der Waals surface area (Å²) in [4.78, 5) is 15.8. The van der Waals surface area contributed by atoms with E-state index in [1.165, 1.54) is 7.11 Å². The van der Waals surface area contributed by atoms with Gasteiger partial charge in [0.1, 0.15) is 11.3 Å². The largest absolute Gasteiger partial charge is 0.494 e. The molecule has 31 heavy (non-hydrogen) atoms. The van der Waals surface area contributed by atoms with Crippen LogP contribution in [0.1, 0.15) is 36.4 Å². The Kier molecular flexibility index (Phi) is 5.65. The summed E-state index contributed by atoms with van der Waals surface area (Å²) in [6.45, 7) is 3.96.